The van der Waals surface area contributed by atoms with Gasteiger partial charge in [0.15, 0.2) is 0 Å². The molecule has 0 radical (unpaired) electrons. The Morgan fingerprint density at radius 2 is 2.14 bits per heavy atom. The van der Waals surface area contributed by atoms with Gasteiger partial charge in [0.2, 0.25) is 11.8 Å². The molecule has 0 aliphatic heterocycles. The maximum Gasteiger partial charge on any atom is 0.239 e. The molecule has 0 aliphatic carbocycles. The molecule has 21 heavy (non-hydrogen) atoms. The molecule has 0 spiro atoms. The van der Waals surface area contributed by atoms with Gasteiger partial charge < -0.3 is 16.0 Å². The number of halogens is 1. The summed E-state index contributed by atoms with van der Waals surface area (Å²) in [5, 5.41) is 2.70. The smallest absolute Gasteiger partial charge is 0.239 e. The molecule has 2 amide bonds. The van der Waals surface area contributed by atoms with Crippen LogP contribution in [-0.2, 0) is 9.59 Å². The van der Waals surface area contributed by atoms with E-state index in [4.69, 9.17) is 5.73 Å². The Hall–Kier alpha value is -1.76. The zero-order chi connectivity index (χ0) is 15.8. The van der Waals surface area contributed by atoms with E-state index in [9.17, 15) is 14.0 Å². The fourth-order valence-corrected chi connectivity index (χ4v) is 2.34. The first kappa shape index (κ1) is 17.3. The molecule has 116 valence electrons. The number of rotatable bonds is 7. The van der Waals surface area contributed by atoms with Crippen molar-refractivity contribution in [2.24, 2.45) is 0 Å². The van der Waals surface area contributed by atoms with Crippen molar-refractivity contribution in [3.8, 4) is 0 Å². The number of carbonyl (C=O) groups is 2. The topological polar surface area (TPSA) is 75.4 Å². The number of carbonyl (C=O) groups excluding carboxylic acids is 2. The Kier molecular flexibility index (Phi) is 7.01. The van der Waals surface area contributed by atoms with Gasteiger partial charge in [0.25, 0.3) is 0 Å². The predicted octanol–water partition coefficient (Wildman–Crippen LogP) is 1.48. The molecule has 3 N–H and O–H groups in total. The molecule has 0 aliphatic rings. The number of hydrogen-bond donors (Lipinski definition) is 2. The highest BCUT2D eigenvalue weighted by Crippen LogP contribution is 2.22. The summed E-state index contributed by atoms with van der Waals surface area (Å²) < 4.78 is 13.3. The predicted molar refractivity (Wildman–Crippen MR) is 82.5 cm³/mol. The van der Waals surface area contributed by atoms with E-state index < -0.39 is 5.82 Å². The summed E-state index contributed by atoms with van der Waals surface area (Å²) in [6, 6.07) is 4.41. The molecular formula is C14H20FN3O2S. The van der Waals surface area contributed by atoms with Crippen LogP contribution in [0.1, 0.15) is 13.3 Å². The minimum absolute atomic E-state index is 0.0233. The van der Waals surface area contributed by atoms with Crippen LogP contribution in [-0.4, -0.2) is 42.6 Å². The third-order valence-corrected chi connectivity index (χ3v) is 3.69. The number of anilines is 1. The van der Waals surface area contributed by atoms with Gasteiger partial charge in [-0.2, -0.15) is 0 Å². The minimum atomic E-state index is -0.500. The number of hydrogen-bond acceptors (Lipinski definition) is 4. The van der Waals surface area contributed by atoms with Crippen molar-refractivity contribution in [1.29, 1.82) is 0 Å². The number of nitrogens with two attached hydrogens (primary N) is 1. The van der Waals surface area contributed by atoms with Gasteiger partial charge in [-0.25, -0.2) is 4.39 Å². The summed E-state index contributed by atoms with van der Waals surface area (Å²) in [5.41, 5.74) is 5.46. The summed E-state index contributed by atoms with van der Waals surface area (Å²) in [7, 11) is 1.57. The largest absolute Gasteiger partial charge is 0.396 e. The van der Waals surface area contributed by atoms with E-state index in [1.54, 1.807) is 13.1 Å². The fraction of sp³-hybridized carbons (Fsp3) is 0.429. The number of nitrogens with one attached hydrogen (secondary N) is 1. The van der Waals surface area contributed by atoms with E-state index in [1.807, 2.05) is 6.92 Å². The second kappa shape index (κ2) is 8.51. The average molecular weight is 313 g/mol. The van der Waals surface area contributed by atoms with Gasteiger partial charge >= 0.3 is 0 Å². The van der Waals surface area contributed by atoms with Crippen LogP contribution in [0, 0.1) is 5.82 Å². The molecule has 1 aromatic rings. The molecule has 0 bridgehead atoms. The van der Waals surface area contributed by atoms with Crippen molar-refractivity contribution in [3.63, 3.8) is 0 Å². The number of thioether (sulfide) groups is 1. The van der Waals surface area contributed by atoms with Crippen LogP contribution >= 0.6 is 11.8 Å². The molecule has 0 fully saturated rings. The number of nitrogens with zero attached hydrogens (tertiary/aromatic N) is 1. The molecule has 0 saturated heterocycles. The number of likely N-dealkylation sites (N-methyl/N-ethyl adjacent to an activating group) is 1. The van der Waals surface area contributed by atoms with Crippen LogP contribution in [0.3, 0.4) is 0 Å². The van der Waals surface area contributed by atoms with Crippen LogP contribution < -0.4 is 11.1 Å². The zero-order valence-corrected chi connectivity index (χ0v) is 13.0. The summed E-state index contributed by atoms with van der Waals surface area (Å²) in [6.07, 6.45) is 0.849. The lowest BCUT2D eigenvalue weighted by atomic mass is 10.3. The van der Waals surface area contributed by atoms with Crippen molar-refractivity contribution in [3.05, 3.63) is 24.0 Å². The van der Waals surface area contributed by atoms with Crippen molar-refractivity contribution >= 4 is 29.3 Å². The third kappa shape index (κ3) is 6.03. The van der Waals surface area contributed by atoms with Crippen LogP contribution in [0.4, 0.5) is 10.1 Å². The Morgan fingerprint density at radius 1 is 1.43 bits per heavy atom. The number of amides is 2. The van der Waals surface area contributed by atoms with Gasteiger partial charge in [0, 0.05) is 18.5 Å². The second-order valence-electron chi connectivity index (χ2n) is 4.57. The normalized spacial score (nSPS) is 10.2. The summed E-state index contributed by atoms with van der Waals surface area (Å²) in [4.78, 5) is 25.4. The van der Waals surface area contributed by atoms with E-state index in [1.165, 1.54) is 28.8 Å². The second-order valence-corrected chi connectivity index (χ2v) is 5.62. The van der Waals surface area contributed by atoms with E-state index in [0.29, 0.717) is 11.4 Å². The molecule has 0 aromatic heterocycles. The van der Waals surface area contributed by atoms with E-state index in [-0.39, 0.29) is 29.8 Å². The van der Waals surface area contributed by atoms with Crippen LogP contribution in [0.15, 0.2) is 23.1 Å². The van der Waals surface area contributed by atoms with Gasteiger partial charge in [0.1, 0.15) is 5.82 Å². The molecule has 5 nitrogen and oxygen atoms in total. The summed E-state index contributed by atoms with van der Waals surface area (Å²) in [6.45, 7) is 2.58. The highest BCUT2D eigenvalue weighted by atomic mass is 32.2. The molecule has 0 heterocycles. The Labute approximate surface area is 128 Å². The lowest BCUT2D eigenvalue weighted by Gasteiger charge is -2.16. The average Bonchev–Trinajstić information content (AvgIpc) is 2.45. The first-order chi connectivity index (χ1) is 9.93. The maximum atomic E-state index is 13.3. The van der Waals surface area contributed by atoms with Crippen molar-refractivity contribution in [1.82, 2.24) is 10.2 Å². The van der Waals surface area contributed by atoms with Gasteiger partial charge in [-0.1, -0.05) is 6.92 Å². The van der Waals surface area contributed by atoms with E-state index >= 15 is 0 Å². The molecule has 7 heteroatoms. The van der Waals surface area contributed by atoms with Gasteiger partial charge in [0.05, 0.1) is 18.0 Å². The molecular weight excluding hydrogens is 293 g/mol. The lowest BCUT2D eigenvalue weighted by Crippen LogP contribution is -2.39. The minimum Gasteiger partial charge on any atom is -0.396 e. The number of benzene rings is 1. The first-order valence-corrected chi connectivity index (χ1v) is 7.61. The van der Waals surface area contributed by atoms with Crippen molar-refractivity contribution < 1.29 is 14.0 Å². The Bertz CT molecular complexity index is 511. The van der Waals surface area contributed by atoms with Crippen molar-refractivity contribution in [2.45, 2.75) is 18.2 Å². The fourth-order valence-electron chi connectivity index (χ4n) is 1.48. The number of nitrogen functional groups attached to an aromatic ring is 1. The third-order valence-electron chi connectivity index (χ3n) is 2.71. The van der Waals surface area contributed by atoms with E-state index in [2.05, 4.69) is 5.32 Å². The van der Waals surface area contributed by atoms with Gasteiger partial charge in [-0.15, -0.1) is 11.8 Å². The zero-order valence-electron chi connectivity index (χ0n) is 12.2. The summed E-state index contributed by atoms with van der Waals surface area (Å²) >= 11 is 1.21. The molecule has 0 atom stereocenters. The van der Waals surface area contributed by atoms with Crippen LogP contribution in [0.5, 0.6) is 0 Å². The monoisotopic (exact) mass is 313 g/mol. The summed E-state index contributed by atoms with van der Waals surface area (Å²) in [5.74, 6) is -0.735. The molecule has 0 unspecified atom stereocenters. The SMILES string of the molecule is CCCNC(=O)CN(C)C(=O)CSc1ccc(N)c(F)c1. The Morgan fingerprint density at radius 3 is 2.76 bits per heavy atom. The maximum absolute atomic E-state index is 13.3. The molecule has 1 aromatic carbocycles. The van der Waals surface area contributed by atoms with Crippen LogP contribution in [0.2, 0.25) is 0 Å². The van der Waals surface area contributed by atoms with E-state index in [0.717, 1.165) is 6.42 Å². The molecule has 0 saturated carbocycles. The highest BCUT2D eigenvalue weighted by molar-refractivity contribution is 8.00. The standard InChI is InChI=1S/C14H20FN3O2S/c1-3-6-17-13(19)8-18(2)14(20)9-21-10-4-5-12(16)11(15)7-10/h4-5,7H,3,6,8-9,16H2,1-2H3,(H,17,19). The molecule has 1 rings (SSSR count). The quantitative estimate of drug-likeness (QED) is 0.591. The van der Waals surface area contributed by atoms with Gasteiger partial charge in [-0.05, 0) is 24.6 Å². The lowest BCUT2D eigenvalue weighted by molar-refractivity contribution is -0.132. The Balaban J connectivity index is 2.41. The highest BCUT2D eigenvalue weighted by Gasteiger charge is 2.13. The van der Waals surface area contributed by atoms with Gasteiger partial charge in [-0.3, -0.25) is 9.59 Å². The first-order valence-electron chi connectivity index (χ1n) is 6.62. The van der Waals surface area contributed by atoms with Crippen molar-refractivity contribution in [2.75, 3.05) is 31.6 Å². The van der Waals surface area contributed by atoms with Crippen LogP contribution in [0.25, 0.3) is 0 Å².